The van der Waals surface area contributed by atoms with Crippen LogP contribution in [0.15, 0.2) is 71.6 Å². The van der Waals surface area contributed by atoms with E-state index < -0.39 is 28.5 Å². The normalized spacial score (nSPS) is 12.2. The first kappa shape index (κ1) is 32.7. The second-order valence-corrected chi connectivity index (χ2v) is 13.3. The third kappa shape index (κ3) is 8.61. The summed E-state index contributed by atoms with van der Waals surface area (Å²) in [6, 6.07) is 16.8. The minimum absolute atomic E-state index is 0.0158. The van der Waals surface area contributed by atoms with Gasteiger partial charge in [-0.2, -0.15) is 0 Å². The maximum absolute atomic E-state index is 14.1. The van der Waals surface area contributed by atoms with E-state index in [1.165, 1.54) is 35.2 Å². The first-order valence-electron chi connectivity index (χ1n) is 13.2. The van der Waals surface area contributed by atoms with Gasteiger partial charge in [0.2, 0.25) is 11.8 Å². The molecule has 220 valence electrons. The summed E-state index contributed by atoms with van der Waals surface area (Å²) in [4.78, 5) is 28.8. The van der Waals surface area contributed by atoms with Crippen LogP contribution < -0.4 is 9.62 Å². The Bertz CT molecular complexity index is 1460. The lowest BCUT2D eigenvalue weighted by molar-refractivity contribution is -0.140. The van der Waals surface area contributed by atoms with Crippen molar-refractivity contribution in [2.24, 2.45) is 5.92 Å². The minimum atomic E-state index is -4.27. The summed E-state index contributed by atoms with van der Waals surface area (Å²) in [6.45, 7) is 7.47. The molecule has 3 aromatic rings. The lowest BCUT2D eigenvalue weighted by Gasteiger charge is -2.33. The van der Waals surface area contributed by atoms with Gasteiger partial charge in [0.15, 0.2) is 0 Å². The summed E-state index contributed by atoms with van der Waals surface area (Å²) >= 11 is 18.8. The fourth-order valence-corrected chi connectivity index (χ4v) is 6.14. The molecule has 1 N–H and O–H groups in total. The molecule has 7 nitrogen and oxygen atoms in total. The Hall–Kier alpha value is -2.78. The molecule has 0 saturated heterocycles. The van der Waals surface area contributed by atoms with E-state index >= 15 is 0 Å². The Balaban J connectivity index is 2.08. The Morgan fingerprint density at radius 3 is 2.10 bits per heavy atom. The average molecular weight is 639 g/mol. The van der Waals surface area contributed by atoms with Gasteiger partial charge in [0.25, 0.3) is 10.0 Å². The summed E-state index contributed by atoms with van der Waals surface area (Å²) in [7, 11) is -4.27. The van der Waals surface area contributed by atoms with Crippen molar-refractivity contribution in [1.29, 1.82) is 0 Å². The van der Waals surface area contributed by atoms with Gasteiger partial charge < -0.3 is 10.2 Å². The minimum Gasteiger partial charge on any atom is -0.354 e. The van der Waals surface area contributed by atoms with Gasteiger partial charge in [-0.15, -0.1) is 0 Å². The van der Waals surface area contributed by atoms with Crippen molar-refractivity contribution in [3.8, 4) is 0 Å². The number of benzene rings is 3. The maximum Gasteiger partial charge on any atom is 0.264 e. The van der Waals surface area contributed by atoms with E-state index in [1.54, 1.807) is 43.3 Å². The van der Waals surface area contributed by atoms with E-state index in [2.05, 4.69) is 5.32 Å². The third-order valence-electron chi connectivity index (χ3n) is 6.40. The molecule has 0 aliphatic heterocycles. The summed E-state index contributed by atoms with van der Waals surface area (Å²) in [6.07, 6.45) is 0.311. The number of halogens is 3. The summed E-state index contributed by atoms with van der Waals surface area (Å²) in [5.41, 5.74) is 1.66. The number of anilines is 1. The molecular weight excluding hydrogens is 605 g/mol. The molecule has 3 aromatic carbocycles. The molecular formula is C30H34Cl3N3O4S. The zero-order chi connectivity index (χ0) is 30.3. The fourth-order valence-electron chi connectivity index (χ4n) is 4.16. The summed E-state index contributed by atoms with van der Waals surface area (Å²) in [5, 5.41) is 3.78. The van der Waals surface area contributed by atoms with Crippen LogP contribution in [-0.2, 0) is 26.2 Å². The summed E-state index contributed by atoms with van der Waals surface area (Å²) in [5.74, 6) is -0.701. The monoisotopic (exact) mass is 637 g/mol. The Morgan fingerprint density at radius 2 is 1.51 bits per heavy atom. The van der Waals surface area contributed by atoms with E-state index in [-0.39, 0.29) is 39.0 Å². The standard InChI is InChI=1S/C30H34Cl3N3O4S/c1-5-27(30(38)34-17-20(2)3)35(18-22-8-10-23(31)11-9-22)29(37)19-36(28-16-24(32)12-15-26(28)33)41(39,40)25-13-6-21(4)7-14-25/h6-16,20,27H,5,17-19H2,1-4H3,(H,34,38)/t27-/m0/s1. The van der Waals surface area contributed by atoms with Crippen molar-refractivity contribution in [3.63, 3.8) is 0 Å². The first-order valence-corrected chi connectivity index (χ1v) is 15.8. The highest BCUT2D eigenvalue weighted by atomic mass is 35.5. The number of rotatable bonds is 12. The van der Waals surface area contributed by atoms with E-state index in [0.29, 0.717) is 18.0 Å². The van der Waals surface area contributed by atoms with Crippen LogP contribution in [-0.4, -0.2) is 44.3 Å². The van der Waals surface area contributed by atoms with Crippen molar-refractivity contribution >= 4 is 62.3 Å². The predicted octanol–water partition coefficient (Wildman–Crippen LogP) is 6.73. The molecule has 0 unspecified atom stereocenters. The topological polar surface area (TPSA) is 86.8 Å². The van der Waals surface area contributed by atoms with Crippen LogP contribution in [0.4, 0.5) is 5.69 Å². The second-order valence-electron chi connectivity index (χ2n) is 10.1. The lowest BCUT2D eigenvalue weighted by atomic mass is 10.1. The quantitative estimate of drug-likeness (QED) is 0.238. The number of sulfonamides is 1. The highest BCUT2D eigenvalue weighted by molar-refractivity contribution is 7.92. The Labute approximate surface area is 257 Å². The molecule has 3 rings (SSSR count). The molecule has 11 heteroatoms. The van der Waals surface area contributed by atoms with Crippen LogP contribution in [0.25, 0.3) is 0 Å². The molecule has 0 radical (unpaired) electrons. The predicted molar refractivity (Wildman–Crippen MR) is 166 cm³/mol. The van der Waals surface area contributed by atoms with Gasteiger partial charge in [0.1, 0.15) is 12.6 Å². The number of carbonyl (C=O) groups excluding carboxylic acids is 2. The Kier molecular flexibility index (Phi) is 11.5. The van der Waals surface area contributed by atoms with Crippen molar-refractivity contribution in [1.82, 2.24) is 10.2 Å². The zero-order valence-electron chi connectivity index (χ0n) is 23.4. The van der Waals surface area contributed by atoms with Crippen molar-refractivity contribution in [2.75, 3.05) is 17.4 Å². The zero-order valence-corrected chi connectivity index (χ0v) is 26.5. The van der Waals surface area contributed by atoms with Crippen LogP contribution >= 0.6 is 34.8 Å². The van der Waals surface area contributed by atoms with Gasteiger partial charge >= 0.3 is 0 Å². The van der Waals surface area contributed by atoms with Gasteiger partial charge in [-0.1, -0.05) is 85.4 Å². The molecule has 41 heavy (non-hydrogen) atoms. The SMILES string of the molecule is CC[C@@H](C(=O)NCC(C)C)N(Cc1ccc(Cl)cc1)C(=O)CN(c1cc(Cl)ccc1Cl)S(=O)(=O)c1ccc(C)cc1. The molecule has 0 aliphatic carbocycles. The number of nitrogens with zero attached hydrogens (tertiary/aromatic N) is 2. The third-order valence-corrected chi connectivity index (χ3v) is 8.98. The van der Waals surface area contributed by atoms with E-state index in [0.717, 1.165) is 15.4 Å². The number of nitrogens with one attached hydrogen (secondary N) is 1. The molecule has 1 atom stereocenters. The largest absolute Gasteiger partial charge is 0.354 e. The number of carbonyl (C=O) groups is 2. The Morgan fingerprint density at radius 1 is 0.902 bits per heavy atom. The summed E-state index contributed by atoms with van der Waals surface area (Å²) < 4.78 is 28.9. The van der Waals surface area contributed by atoms with Crippen LogP contribution in [0.3, 0.4) is 0 Å². The maximum atomic E-state index is 14.1. The van der Waals surface area contributed by atoms with Gasteiger partial charge in [-0.25, -0.2) is 8.42 Å². The fraction of sp³-hybridized carbons (Fsp3) is 0.333. The molecule has 0 aliphatic rings. The van der Waals surface area contributed by atoms with Gasteiger partial charge in [-0.05, 0) is 67.3 Å². The van der Waals surface area contributed by atoms with Crippen LogP contribution in [0.2, 0.25) is 15.1 Å². The first-order chi connectivity index (χ1) is 19.3. The van der Waals surface area contributed by atoms with E-state index in [1.807, 2.05) is 20.8 Å². The van der Waals surface area contributed by atoms with Gasteiger partial charge in [0.05, 0.1) is 15.6 Å². The van der Waals surface area contributed by atoms with Gasteiger partial charge in [-0.3, -0.25) is 13.9 Å². The van der Waals surface area contributed by atoms with Crippen molar-refractivity contribution in [2.45, 2.75) is 51.6 Å². The van der Waals surface area contributed by atoms with Crippen molar-refractivity contribution in [3.05, 3.63) is 92.9 Å². The lowest BCUT2D eigenvalue weighted by Crippen LogP contribution is -2.52. The molecule has 2 amide bonds. The van der Waals surface area contributed by atoms with Gasteiger partial charge in [0, 0.05) is 23.1 Å². The second kappa shape index (κ2) is 14.4. The number of aryl methyl sites for hydroxylation is 1. The highest BCUT2D eigenvalue weighted by Crippen LogP contribution is 2.33. The van der Waals surface area contributed by atoms with Crippen molar-refractivity contribution < 1.29 is 18.0 Å². The molecule has 0 bridgehead atoms. The highest BCUT2D eigenvalue weighted by Gasteiger charge is 2.34. The van der Waals surface area contributed by atoms with Crippen LogP contribution in [0.5, 0.6) is 0 Å². The molecule has 0 heterocycles. The molecule has 0 fully saturated rings. The number of hydrogen-bond acceptors (Lipinski definition) is 4. The number of hydrogen-bond donors (Lipinski definition) is 1. The van der Waals surface area contributed by atoms with E-state index in [9.17, 15) is 18.0 Å². The van der Waals surface area contributed by atoms with Crippen LogP contribution in [0, 0.1) is 12.8 Å². The molecule has 0 saturated carbocycles. The number of amides is 2. The smallest absolute Gasteiger partial charge is 0.264 e. The molecule has 0 spiro atoms. The van der Waals surface area contributed by atoms with Crippen LogP contribution in [0.1, 0.15) is 38.3 Å². The average Bonchev–Trinajstić information content (AvgIpc) is 2.93. The molecule has 0 aromatic heterocycles. The van der Waals surface area contributed by atoms with E-state index in [4.69, 9.17) is 34.8 Å².